The normalized spacial score (nSPS) is 21.7. The summed E-state index contributed by atoms with van der Waals surface area (Å²) < 4.78 is 5.22. The molecule has 13 heavy (non-hydrogen) atoms. The summed E-state index contributed by atoms with van der Waals surface area (Å²) in [7, 11) is 0. The lowest BCUT2D eigenvalue weighted by Gasteiger charge is -2.04. The molecule has 0 aliphatic carbocycles. The number of ether oxygens (including phenoxy) is 1. The van der Waals surface area contributed by atoms with Crippen molar-refractivity contribution >= 4 is 6.29 Å². The molecule has 1 fully saturated rings. The van der Waals surface area contributed by atoms with E-state index in [4.69, 9.17) is 4.74 Å². The van der Waals surface area contributed by atoms with Crippen molar-refractivity contribution in [1.82, 2.24) is 9.97 Å². The van der Waals surface area contributed by atoms with E-state index in [9.17, 15) is 4.79 Å². The van der Waals surface area contributed by atoms with E-state index < -0.39 is 0 Å². The third kappa shape index (κ3) is 1.72. The summed E-state index contributed by atoms with van der Waals surface area (Å²) in [5, 5.41) is 0. The van der Waals surface area contributed by atoms with Crippen LogP contribution in [0.2, 0.25) is 0 Å². The minimum atomic E-state index is 0.264. The molecule has 0 amide bonds. The largest absolute Gasteiger partial charge is 0.381 e. The maximum Gasteiger partial charge on any atom is 0.168 e. The highest BCUT2D eigenvalue weighted by atomic mass is 16.5. The molecular weight excluding hydrogens is 168 g/mol. The van der Waals surface area contributed by atoms with Crippen molar-refractivity contribution < 1.29 is 9.53 Å². The Bertz CT molecular complexity index is 308. The lowest BCUT2D eigenvalue weighted by molar-refractivity contribution is 0.111. The number of aromatic nitrogens is 2. The van der Waals surface area contributed by atoms with E-state index in [1.807, 2.05) is 0 Å². The van der Waals surface area contributed by atoms with Crippen LogP contribution in [0.25, 0.3) is 0 Å². The second-order valence-electron chi connectivity index (χ2n) is 3.02. The van der Waals surface area contributed by atoms with Crippen molar-refractivity contribution in [3.63, 3.8) is 0 Å². The third-order valence-corrected chi connectivity index (χ3v) is 2.11. The monoisotopic (exact) mass is 178 g/mol. The fourth-order valence-electron chi connectivity index (χ4n) is 1.39. The topological polar surface area (TPSA) is 52.1 Å². The first-order valence-electron chi connectivity index (χ1n) is 4.26. The molecule has 1 aliphatic heterocycles. The second-order valence-corrected chi connectivity index (χ2v) is 3.02. The number of nitrogens with zero attached hydrogens (tertiary/aromatic N) is 2. The average Bonchev–Trinajstić information content (AvgIpc) is 2.71. The molecule has 0 N–H and O–H groups in total. The quantitative estimate of drug-likeness (QED) is 0.628. The molecule has 1 saturated heterocycles. The Morgan fingerprint density at radius 1 is 1.62 bits per heavy atom. The van der Waals surface area contributed by atoms with Crippen molar-refractivity contribution in [2.45, 2.75) is 12.3 Å². The molecule has 0 bridgehead atoms. The zero-order valence-corrected chi connectivity index (χ0v) is 7.14. The van der Waals surface area contributed by atoms with Gasteiger partial charge in [-0.05, 0) is 12.5 Å². The third-order valence-electron chi connectivity index (χ3n) is 2.11. The van der Waals surface area contributed by atoms with Gasteiger partial charge in [-0.3, -0.25) is 4.79 Å². The predicted octanol–water partition coefficient (Wildman–Crippen LogP) is 0.793. The summed E-state index contributed by atoms with van der Waals surface area (Å²) in [4.78, 5) is 18.7. The molecule has 68 valence electrons. The molecule has 1 aliphatic rings. The molecule has 2 rings (SSSR count). The zero-order chi connectivity index (χ0) is 9.10. The Morgan fingerprint density at radius 2 is 2.54 bits per heavy atom. The lowest BCUT2D eigenvalue weighted by Crippen LogP contribution is -2.05. The zero-order valence-electron chi connectivity index (χ0n) is 7.14. The molecule has 1 aromatic heterocycles. The standard InChI is InChI=1S/C9H10N2O2/c12-5-8-1-3-10-9(11-8)7-2-4-13-6-7/h1,3,5,7H,2,4,6H2. The molecule has 1 atom stereocenters. The van der Waals surface area contributed by atoms with Gasteiger partial charge in [-0.2, -0.15) is 0 Å². The summed E-state index contributed by atoms with van der Waals surface area (Å²) in [6, 6.07) is 1.60. The Hall–Kier alpha value is -1.29. The van der Waals surface area contributed by atoms with E-state index in [-0.39, 0.29) is 5.92 Å². The lowest BCUT2D eigenvalue weighted by atomic mass is 10.1. The molecular formula is C9H10N2O2. The number of hydrogen-bond acceptors (Lipinski definition) is 4. The van der Waals surface area contributed by atoms with Crippen molar-refractivity contribution in [3.05, 3.63) is 23.8 Å². The van der Waals surface area contributed by atoms with Crippen LogP contribution in [0, 0.1) is 0 Å². The molecule has 4 nitrogen and oxygen atoms in total. The Morgan fingerprint density at radius 3 is 3.23 bits per heavy atom. The minimum Gasteiger partial charge on any atom is -0.381 e. The number of carbonyl (C=O) groups excluding carboxylic acids is 1. The van der Waals surface area contributed by atoms with Gasteiger partial charge in [0.05, 0.1) is 6.61 Å². The molecule has 1 unspecified atom stereocenters. The van der Waals surface area contributed by atoms with E-state index in [1.165, 1.54) is 0 Å². The van der Waals surface area contributed by atoms with Gasteiger partial charge in [0.25, 0.3) is 0 Å². The fourth-order valence-corrected chi connectivity index (χ4v) is 1.39. The Labute approximate surface area is 76.0 Å². The van der Waals surface area contributed by atoms with E-state index in [0.717, 1.165) is 25.1 Å². The fraction of sp³-hybridized carbons (Fsp3) is 0.444. The van der Waals surface area contributed by atoms with E-state index in [2.05, 4.69) is 9.97 Å². The van der Waals surface area contributed by atoms with Crippen LogP contribution < -0.4 is 0 Å². The van der Waals surface area contributed by atoms with Gasteiger partial charge in [0.2, 0.25) is 0 Å². The first kappa shape index (κ1) is 8.31. The Kier molecular flexibility index (Phi) is 2.31. The van der Waals surface area contributed by atoms with Crippen LogP contribution in [0.15, 0.2) is 12.3 Å². The van der Waals surface area contributed by atoms with Crippen LogP contribution in [0.5, 0.6) is 0 Å². The smallest absolute Gasteiger partial charge is 0.168 e. The van der Waals surface area contributed by atoms with Crippen LogP contribution in [0.3, 0.4) is 0 Å². The second kappa shape index (κ2) is 3.62. The van der Waals surface area contributed by atoms with E-state index >= 15 is 0 Å². The van der Waals surface area contributed by atoms with Crippen LogP contribution in [-0.4, -0.2) is 29.5 Å². The highest BCUT2D eigenvalue weighted by molar-refractivity contribution is 5.71. The summed E-state index contributed by atoms with van der Waals surface area (Å²) in [5.41, 5.74) is 0.442. The average molecular weight is 178 g/mol. The van der Waals surface area contributed by atoms with Gasteiger partial charge in [0.1, 0.15) is 11.5 Å². The number of rotatable bonds is 2. The van der Waals surface area contributed by atoms with Crippen molar-refractivity contribution in [2.24, 2.45) is 0 Å². The number of hydrogen-bond donors (Lipinski definition) is 0. The molecule has 0 aromatic carbocycles. The maximum absolute atomic E-state index is 10.5. The minimum absolute atomic E-state index is 0.264. The Balaban J connectivity index is 2.23. The van der Waals surface area contributed by atoms with Gasteiger partial charge in [-0.25, -0.2) is 9.97 Å². The number of aldehydes is 1. The van der Waals surface area contributed by atoms with Crippen molar-refractivity contribution in [1.29, 1.82) is 0 Å². The summed E-state index contributed by atoms with van der Waals surface area (Å²) in [6.45, 7) is 1.43. The van der Waals surface area contributed by atoms with Gasteiger partial charge < -0.3 is 4.74 Å². The first-order valence-corrected chi connectivity index (χ1v) is 4.26. The van der Waals surface area contributed by atoms with Crippen LogP contribution in [-0.2, 0) is 4.74 Å². The van der Waals surface area contributed by atoms with E-state index in [0.29, 0.717) is 12.3 Å². The number of carbonyl (C=O) groups is 1. The molecule has 0 saturated carbocycles. The summed E-state index contributed by atoms with van der Waals surface area (Å²) >= 11 is 0. The van der Waals surface area contributed by atoms with Crippen LogP contribution >= 0.6 is 0 Å². The predicted molar refractivity (Wildman–Crippen MR) is 45.6 cm³/mol. The molecule has 4 heteroatoms. The van der Waals surface area contributed by atoms with Crippen LogP contribution in [0.4, 0.5) is 0 Å². The highest BCUT2D eigenvalue weighted by Crippen LogP contribution is 2.21. The van der Waals surface area contributed by atoms with Crippen LogP contribution in [0.1, 0.15) is 28.7 Å². The molecule has 1 aromatic rings. The SMILES string of the molecule is O=Cc1ccnc(C2CCOC2)n1. The maximum atomic E-state index is 10.5. The summed E-state index contributed by atoms with van der Waals surface area (Å²) in [6.07, 6.45) is 3.30. The molecule has 2 heterocycles. The summed E-state index contributed by atoms with van der Waals surface area (Å²) in [5.74, 6) is 0.988. The van der Waals surface area contributed by atoms with Gasteiger partial charge in [-0.15, -0.1) is 0 Å². The first-order chi connectivity index (χ1) is 6.40. The van der Waals surface area contributed by atoms with Crippen molar-refractivity contribution in [2.75, 3.05) is 13.2 Å². The van der Waals surface area contributed by atoms with Gasteiger partial charge >= 0.3 is 0 Å². The molecule has 0 radical (unpaired) electrons. The molecule has 0 spiro atoms. The highest BCUT2D eigenvalue weighted by Gasteiger charge is 2.20. The van der Waals surface area contributed by atoms with Crippen molar-refractivity contribution in [3.8, 4) is 0 Å². The van der Waals surface area contributed by atoms with Gasteiger partial charge in [0.15, 0.2) is 6.29 Å². The van der Waals surface area contributed by atoms with Gasteiger partial charge in [0, 0.05) is 18.7 Å². The van der Waals surface area contributed by atoms with E-state index in [1.54, 1.807) is 12.3 Å². The van der Waals surface area contributed by atoms with Gasteiger partial charge in [-0.1, -0.05) is 0 Å².